The van der Waals surface area contributed by atoms with Gasteiger partial charge in [-0.1, -0.05) is 30.3 Å². The van der Waals surface area contributed by atoms with Gasteiger partial charge >= 0.3 is 6.03 Å². The first-order valence-corrected chi connectivity index (χ1v) is 8.37. The zero-order chi connectivity index (χ0) is 17.6. The molecule has 3 rings (SSSR count). The molecular weight excluding hydrogens is 316 g/mol. The maximum atomic E-state index is 12.2. The smallest absolute Gasteiger partial charge is 0.319 e. The van der Waals surface area contributed by atoms with Gasteiger partial charge in [0, 0.05) is 17.6 Å². The quantitative estimate of drug-likeness (QED) is 0.646. The summed E-state index contributed by atoms with van der Waals surface area (Å²) in [7, 11) is 0. The van der Waals surface area contributed by atoms with Gasteiger partial charge in [-0.3, -0.25) is 4.68 Å². The summed E-state index contributed by atoms with van der Waals surface area (Å²) >= 11 is 0. The SMILES string of the molecule is CCn1ncc2ccc(NC(=O)N[C@@H](CO)Cc3ccccc3)cc21. The van der Waals surface area contributed by atoms with Crippen LogP contribution in [0.3, 0.4) is 0 Å². The van der Waals surface area contributed by atoms with Crippen LogP contribution in [0.25, 0.3) is 10.9 Å². The number of rotatable bonds is 6. The highest BCUT2D eigenvalue weighted by molar-refractivity contribution is 5.92. The molecule has 6 nitrogen and oxygen atoms in total. The Morgan fingerprint density at radius 1 is 1.24 bits per heavy atom. The highest BCUT2D eigenvalue weighted by Gasteiger charge is 2.12. The van der Waals surface area contributed by atoms with Gasteiger partial charge in [0.1, 0.15) is 0 Å². The maximum absolute atomic E-state index is 12.2. The number of fused-ring (bicyclic) bond motifs is 1. The zero-order valence-electron chi connectivity index (χ0n) is 14.1. The number of hydrogen-bond donors (Lipinski definition) is 3. The van der Waals surface area contributed by atoms with Gasteiger partial charge in [-0.25, -0.2) is 4.79 Å². The number of amides is 2. The van der Waals surface area contributed by atoms with Crippen LogP contribution in [0.4, 0.5) is 10.5 Å². The van der Waals surface area contributed by atoms with E-state index < -0.39 is 0 Å². The predicted molar refractivity (Wildman–Crippen MR) is 98.6 cm³/mol. The fraction of sp³-hybridized carbons (Fsp3) is 0.263. The van der Waals surface area contributed by atoms with Gasteiger partial charge in [-0.05, 0) is 37.1 Å². The minimum atomic E-state index is -0.340. The van der Waals surface area contributed by atoms with Gasteiger partial charge in [0.2, 0.25) is 0 Å². The number of aliphatic hydroxyl groups excluding tert-OH is 1. The largest absolute Gasteiger partial charge is 0.394 e. The zero-order valence-corrected chi connectivity index (χ0v) is 14.1. The van der Waals surface area contributed by atoms with E-state index in [1.807, 2.05) is 66.3 Å². The summed E-state index contributed by atoms with van der Waals surface area (Å²) in [6.07, 6.45) is 2.39. The number of aryl methyl sites for hydroxylation is 1. The summed E-state index contributed by atoms with van der Waals surface area (Å²) in [5.41, 5.74) is 2.73. The van der Waals surface area contributed by atoms with Crippen molar-refractivity contribution in [2.45, 2.75) is 25.9 Å². The van der Waals surface area contributed by atoms with E-state index in [4.69, 9.17) is 0 Å². The second-order valence-corrected chi connectivity index (χ2v) is 5.90. The number of anilines is 1. The summed E-state index contributed by atoms with van der Waals surface area (Å²) in [5.74, 6) is 0. The van der Waals surface area contributed by atoms with Crippen molar-refractivity contribution in [2.24, 2.45) is 0 Å². The average molecular weight is 338 g/mol. The Kier molecular flexibility index (Phi) is 5.30. The summed E-state index contributed by atoms with van der Waals surface area (Å²) in [6.45, 7) is 2.67. The van der Waals surface area contributed by atoms with Gasteiger partial charge in [-0.2, -0.15) is 5.10 Å². The Balaban J connectivity index is 1.64. The van der Waals surface area contributed by atoms with Crippen molar-refractivity contribution in [2.75, 3.05) is 11.9 Å². The molecule has 1 heterocycles. The number of nitrogens with zero attached hydrogens (tertiary/aromatic N) is 2. The normalized spacial score (nSPS) is 12.1. The van der Waals surface area contributed by atoms with Crippen LogP contribution in [0.2, 0.25) is 0 Å². The van der Waals surface area contributed by atoms with Crippen LogP contribution in [0.1, 0.15) is 12.5 Å². The number of carbonyl (C=O) groups excluding carboxylic acids is 1. The standard InChI is InChI=1S/C19H22N4O2/c1-2-23-18-11-16(9-8-15(18)12-20-23)21-19(25)22-17(13-24)10-14-6-4-3-5-7-14/h3-9,11-12,17,24H,2,10,13H2,1H3,(H2,21,22,25)/t17-/m1/s1. The minimum Gasteiger partial charge on any atom is -0.394 e. The molecule has 0 aliphatic carbocycles. The topological polar surface area (TPSA) is 79.2 Å². The number of hydrogen-bond acceptors (Lipinski definition) is 3. The molecular formula is C19H22N4O2. The molecule has 0 aliphatic heterocycles. The first kappa shape index (κ1) is 17.0. The van der Waals surface area contributed by atoms with Crippen LogP contribution in [-0.2, 0) is 13.0 Å². The van der Waals surface area contributed by atoms with Crippen molar-refractivity contribution in [3.8, 4) is 0 Å². The predicted octanol–water partition coefficient (Wildman–Crippen LogP) is 2.78. The molecule has 0 bridgehead atoms. The van der Waals surface area contributed by atoms with E-state index >= 15 is 0 Å². The average Bonchev–Trinajstić information content (AvgIpc) is 3.04. The Labute approximate surface area is 146 Å². The second-order valence-electron chi connectivity index (χ2n) is 5.90. The Morgan fingerprint density at radius 3 is 2.76 bits per heavy atom. The third kappa shape index (κ3) is 4.16. The van der Waals surface area contributed by atoms with Gasteiger partial charge in [0.15, 0.2) is 0 Å². The molecule has 0 spiro atoms. The van der Waals surface area contributed by atoms with E-state index in [9.17, 15) is 9.90 Å². The lowest BCUT2D eigenvalue weighted by Gasteiger charge is -2.17. The molecule has 25 heavy (non-hydrogen) atoms. The molecule has 0 unspecified atom stereocenters. The number of aliphatic hydroxyl groups is 1. The fourth-order valence-corrected chi connectivity index (χ4v) is 2.81. The molecule has 2 aromatic carbocycles. The van der Waals surface area contributed by atoms with E-state index in [2.05, 4.69) is 15.7 Å². The number of aromatic nitrogens is 2. The molecule has 0 radical (unpaired) electrons. The Bertz CT molecular complexity index is 845. The molecule has 1 atom stereocenters. The molecule has 2 amide bonds. The van der Waals surface area contributed by atoms with Crippen LogP contribution >= 0.6 is 0 Å². The lowest BCUT2D eigenvalue weighted by Crippen LogP contribution is -2.41. The highest BCUT2D eigenvalue weighted by Crippen LogP contribution is 2.19. The van der Waals surface area contributed by atoms with Gasteiger partial charge in [0.25, 0.3) is 0 Å². The van der Waals surface area contributed by atoms with Crippen molar-refractivity contribution in [3.05, 3.63) is 60.3 Å². The monoisotopic (exact) mass is 338 g/mol. The van der Waals surface area contributed by atoms with Crippen molar-refractivity contribution in [1.82, 2.24) is 15.1 Å². The molecule has 3 N–H and O–H groups in total. The minimum absolute atomic E-state index is 0.121. The van der Waals surface area contributed by atoms with Crippen molar-refractivity contribution in [1.29, 1.82) is 0 Å². The Morgan fingerprint density at radius 2 is 2.04 bits per heavy atom. The molecule has 0 aliphatic rings. The van der Waals surface area contributed by atoms with Crippen LogP contribution in [0.5, 0.6) is 0 Å². The number of urea groups is 1. The first-order valence-electron chi connectivity index (χ1n) is 8.37. The third-order valence-electron chi connectivity index (χ3n) is 4.08. The third-order valence-corrected chi connectivity index (χ3v) is 4.08. The van der Waals surface area contributed by atoms with Gasteiger partial charge in [0.05, 0.1) is 24.4 Å². The van der Waals surface area contributed by atoms with Crippen molar-refractivity contribution in [3.63, 3.8) is 0 Å². The van der Waals surface area contributed by atoms with E-state index in [-0.39, 0.29) is 18.7 Å². The summed E-state index contributed by atoms with van der Waals surface area (Å²) in [4.78, 5) is 12.2. The van der Waals surface area contributed by atoms with Crippen LogP contribution in [-0.4, -0.2) is 33.6 Å². The van der Waals surface area contributed by atoms with Gasteiger partial charge < -0.3 is 15.7 Å². The van der Waals surface area contributed by atoms with E-state index in [1.54, 1.807) is 0 Å². The number of carbonyl (C=O) groups is 1. The van der Waals surface area contributed by atoms with Crippen LogP contribution < -0.4 is 10.6 Å². The van der Waals surface area contributed by atoms with Crippen LogP contribution in [0, 0.1) is 0 Å². The fourth-order valence-electron chi connectivity index (χ4n) is 2.81. The molecule has 0 fully saturated rings. The van der Waals surface area contributed by atoms with E-state index in [0.29, 0.717) is 12.1 Å². The van der Waals surface area contributed by atoms with Crippen molar-refractivity contribution >= 4 is 22.6 Å². The van der Waals surface area contributed by atoms with Crippen molar-refractivity contribution < 1.29 is 9.90 Å². The molecule has 0 saturated carbocycles. The second kappa shape index (κ2) is 7.81. The first-order chi connectivity index (χ1) is 12.2. The van der Waals surface area contributed by atoms with E-state index in [1.165, 1.54) is 0 Å². The van der Waals surface area contributed by atoms with Gasteiger partial charge in [-0.15, -0.1) is 0 Å². The number of nitrogens with one attached hydrogen (secondary N) is 2. The molecule has 3 aromatic rings. The molecule has 1 aromatic heterocycles. The molecule has 0 saturated heterocycles. The molecule has 130 valence electrons. The number of benzene rings is 2. The summed E-state index contributed by atoms with van der Waals surface area (Å²) < 4.78 is 1.88. The van der Waals surface area contributed by atoms with E-state index in [0.717, 1.165) is 23.0 Å². The summed E-state index contributed by atoms with van der Waals surface area (Å²) in [6, 6.07) is 14.8. The Hall–Kier alpha value is -2.86. The molecule has 6 heteroatoms. The van der Waals surface area contributed by atoms with Crippen LogP contribution in [0.15, 0.2) is 54.7 Å². The summed E-state index contributed by atoms with van der Waals surface area (Å²) in [5, 5.41) is 20.5. The lowest BCUT2D eigenvalue weighted by atomic mass is 10.1. The lowest BCUT2D eigenvalue weighted by molar-refractivity contribution is 0.224. The maximum Gasteiger partial charge on any atom is 0.319 e. The highest BCUT2D eigenvalue weighted by atomic mass is 16.3.